The third-order valence-corrected chi connectivity index (χ3v) is 4.46. The minimum absolute atomic E-state index is 0.0603. The van der Waals surface area contributed by atoms with Gasteiger partial charge in [-0.1, -0.05) is 42.5 Å². The van der Waals surface area contributed by atoms with Crippen LogP contribution < -0.4 is 0 Å². The molecule has 1 saturated heterocycles. The molecule has 0 radical (unpaired) electrons. The van der Waals surface area contributed by atoms with Crippen LogP contribution in [0.5, 0.6) is 0 Å². The van der Waals surface area contributed by atoms with Crippen molar-refractivity contribution in [1.29, 1.82) is 0 Å². The van der Waals surface area contributed by atoms with Gasteiger partial charge >= 0.3 is 6.09 Å². The van der Waals surface area contributed by atoms with Crippen LogP contribution in [0, 0.1) is 11.6 Å². The van der Waals surface area contributed by atoms with Gasteiger partial charge in [-0.05, 0) is 42.5 Å². The van der Waals surface area contributed by atoms with E-state index in [0.29, 0.717) is 11.2 Å². The maximum atomic E-state index is 12.5. The SMILES string of the molecule is Cc1cc(=S)[nH]cc1[C@H]1CCCN1C(=O)OCc1ccccc1. The number of carbonyl (C=O) groups excluding carboxylic acids is 1. The highest BCUT2D eigenvalue weighted by atomic mass is 32.1. The van der Waals surface area contributed by atoms with Crippen molar-refractivity contribution >= 4 is 18.3 Å². The largest absolute Gasteiger partial charge is 0.445 e. The Kier molecular flexibility index (Phi) is 4.76. The number of pyridine rings is 1. The zero-order chi connectivity index (χ0) is 16.2. The number of aromatic amines is 1. The quantitative estimate of drug-likeness (QED) is 0.842. The van der Waals surface area contributed by atoms with Gasteiger partial charge in [-0.25, -0.2) is 4.79 Å². The van der Waals surface area contributed by atoms with E-state index in [-0.39, 0.29) is 12.1 Å². The highest BCUT2D eigenvalue weighted by Gasteiger charge is 2.32. The number of ether oxygens (including phenoxy) is 1. The molecule has 1 N–H and O–H groups in total. The minimum Gasteiger partial charge on any atom is -0.445 e. The van der Waals surface area contributed by atoms with Gasteiger partial charge in [0.25, 0.3) is 0 Å². The molecule has 0 aliphatic carbocycles. The zero-order valence-corrected chi connectivity index (χ0v) is 13.9. The van der Waals surface area contributed by atoms with Crippen molar-refractivity contribution in [1.82, 2.24) is 9.88 Å². The fourth-order valence-electron chi connectivity index (χ4n) is 3.05. The maximum absolute atomic E-state index is 12.5. The Labute approximate surface area is 141 Å². The zero-order valence-electron chi connectivity index (χ0n) is 13.1. The first-order valence-corrected chi connectivity index (χ1v) is 8.22. The molecule has 0 bridgehead atoms. The van der Waals surface area contributed by atoms with Gasteiger partial charge in [-0.3, -0.25) is 0 Å². The Morgan fingerprint density at radius 2 is 2.17 bits per heavy atom. The summed E-state index contributed by atoms with van der Waals surface area (Å²) < 4.78 is 6.19. The van der Waals surface area contributed by atoms with Crippen LogP contribution >= 0.6 is 12.2 Å². The van der Waals surface area contributed by atoms with Gasteiger partial charge in [-0.2, -0.15) is 0 Å². The normalized spacial score (nSPS) is 17.3. The summed E-state index contributed by atoms with van der Waals surface area (Å²) in [6, 6.07) is 11.7. The van der Waals surface area contributed by atoms with E-state index in [1.165, 1.54) is 0 Å². The lowest BCUT2D eigenvalue weighted by molar-refractivity contribution is 0.0919. The van der Waals surface area contributed by atoms with Crippen LogP contribution in [0.4, 0.5) is 4.79 Å². The van der Waals surface area contributed by atoms with E-state index in [1.54, 1.807) is 0 Å². The fourth-order valence-corrected chi connectivity index (χ4v) is 3.29. The third kappa shape index (κ3) is 3.62. The number of hydrogen-bond donors (Lipinski definition) is 1. The molecule has 2 heterocycles. The predicted octanol–water partition coefficient (Wildman–Crippen LogP) is 4.53. The van der Waals surface area contributed by atoms with Crippen molar-refractivity contribution in [2.75, 3.05) is 6.54 Å². The first-order chi connectivity index (χ1) is 11.1. The van der Waals surface area contributed by atoms with Crippen molar-refractivity contribution in [3.8, 4) is 0 Å². The minimum atomic E-state index is -0.252. The topological polar surface area (TPSA) is 45.3 Å². The number of hydrogen-bond acceptors (Lipinski definition) is 3. The number of likely N-dealkylation sites (tertiary alicyclic amines) is 1. The van der Waals surface area contributed by atoms with Gasteiger partial charge in [0.05, 0.1) is 6.04 Å². The van der Waals surface area contributed by atoms with Crippen molar-refractivity contribution < 1.29 is 9.53 Å². The number of aryl methyl sites for hydroxylation is 1. The molecule has 1 aromatic heterocycles. The summed E-state index contributed by atoms with van der Waals surface area (Å²) in [6.45, 7) is 3.07. The van der Waals surface area contributed by atoms with Gasteiger partial charge in [0.15, 0.2) is 0 Å². The lowest BCUT2D eigenvalue weighted by atomic mass is 10.0. The number of nitrogens with one attached hydrogen (secondary N) is 1. The Morgan fingerprint density at radius 1 is 1.39 bits per heavy atom. The number of H-pyrrole nitrogens is 1. The maximum Gasteiger partial charge on any atom is 0.410 e. The van der Waals surface area contributed by atoms with Gasteiger partial charge in [0.2, 0.25) is 0 Å². The van der Waals surface area contributed by atoms with E-state index in [9.17, 15) is 4.79 Å². The van der Waals surface area contributed by atoms with Crippen LogP contribution in [0.3, 0.4) is 0 Å². The van der Waals surface area contributed by atoms with E-state index >= 15 is 0 Å². The van der Waals surface area contributed by atoms with Crippen LogP contribution in [0.1, 0.15) is 35.6 Å². The molecule has 0 unspecified atom stereocenters. The van der Waals surface area contributed by atoms with Crippen LogP contribution in [-0.4, -0.2) is 22.5 Å². The number of rotatable bonds is 3. The Balaban J connectivity index is 1.71. The van der Waals surface area contributed by atoms with Gasteiger partial charge in [-0.15, -0.1) is 0 Å². The molecular formula is C18H20N2O2S. The van der Waals surface area contributed by atoms with Gasteiger partial charge < -0.3 is 14.6 Å². The molecule has 2 aromatic rings. The molecule has 1 amide bonds. The summed E-state index contributed by atoms with van der Waals surface area (Å²) in [5.41, 5.74) is 3.23. The van der Waals surface area contributed by atoms with E-state index in [2.05, 4.69) is 4.98 Å². The second-order valence-corrected chi connectivity index (χ2v) is 6.27. The number of amides is 1. The third-order valence-electron chi connectivity index (χ3n) is 4.22. The molecule has 1 aliphatic rings. The molecular weight excluding hydrogens is 308 g/mol. The average Bonchev–Trinajstić information content (AvgIpc) is 3.03. The van der Waals surface area contributed by atoms with E-state index in [0.717, 1.165) is 36.1 Å². The van der Waals surface area contributed by atoms with Gasteiger partial charge in [0, 0.05) is 12.7 Å². The van der Waals surface area contributed by atoms with Crippen LogP contribution in [0.15, 0.2) is 42.6 Å². The molecule has 4 nitrogen and oxygen atoms in total. The van der Waals surface area contributed by atoms with Crippen molar-refractivity contribution in [3.63, 3.8) is 0 Å². The summed E-state index contributed by atoms with van der Waals surface area (Å²) in [5.74, 6) is 0. The lowest BCUT2D eigenvalue weighted by Crippen LogP contribution is -2.31. The van der Waals surface area contributed by atoms with Crippen molar-refractivity contribution in [2.24, 2.45) is 0 Å². The first kappa shape index (κ1) is 15.7. The molecule has 3 rings (SSSR count). The van der Waals surface area contributed by atoms with E-state index in [1.807, 2.05) is 54.4 Å². The number of nitrogens with zero attached hydrogens (tertiary/aromatic N) is 1. The molecule has 1 aliphatic heterocycles. The summed E-state index contributed by atoms with van der Waals surface area (Å²) in [4.78, 5) is 17.3. The molecule has 1 atom stereocenters. The monoisotopic (exact) mass is 328 g/mol. The lowest BCUT2D eigenvalue weighted by Gasteiger charge is -2.25. The van der Waals surface area contributed by atoms with E-state index < -0.39 is 0 Å². The highest BCUT2D eigenvalue weighted by molar-refractivity contribution is 7.71. The van der Waals surface area contributed by atoms with Crippen LogP contribution in [0.25, 0.3) is 0 Å². The van der Waals surface area contributed by atoms with Crippen molar-refractivity contribution in [2.45, 2.75) is 32.4 Å². The van der Waals surface area contributed by atoms with Crippen LogP contribution in [-0.2, 0) is 11.3 Å². The molecule has 0 spiro atoms. The summed E-state index contributed by atoms with van der Waals surface area (Å²) >= 11 is 5.15. The summed E-state index contributed by atoms with van der Waals surface area (Å²) in [7, 11) is 0. The van der Waals surface area contributed by atoms with Crippen LogP contribution in [0.2, 0.25) is 0 Å². The molecule has 5 heteroatoms. The smallest absolute Gasteiger partial charge is 0.410 e. The Hall–Kier alpha value is -2.14. The van der Waals surface area contributed by atoms with E-state index in [4.69, 9.17) is 17.0 Å². The molecule has 23 heavy (non-hydrogen) atoms. The standard InChI is InChI=1S/C18H20N2O2S/c1-13-10-17(23)19-11-15(13)16-8-5-9-20(16)18(21)22-12-14-6-3-2-4-7-14/h2-4,6-7,10-11,16H,5,8-9,12H2,1H3,(H,19,23)/t16-/m1/s1. The summed E-state index contributed by atoms with van der Waals surface area (Å²) in [5, 5.41) is 0. The first-order valence-electron chi connectivity index (χ1n) is 7.81. The Morgan fingerprint density at radius 3 is 2.91 bits per heavy atom. The molecule has 0 saturated carbocycles. The van der Waals surface area contributed by atoms with Gasteiger partial charge in [0.1, 0.15) is 11.2 Å². The average molecular weight is 328 g/mol. The Bertz CT molecular complexity index is 742. The predicted molar refractivity (Wildman–Crippen MR) is 91.7 cm³/mol. The molecule has 1 aromatic carbocycles. The number of carbonyl (C=O) groups is 1. The van der Waals surface area contributed by atoms with Crippen molar-refractivity contribution in [3.05, 3.63) is 63.9 Å². The number of benzene rings is 1. The molecule has 120 valence electrons. The second kappa shape index (κ2) is 6.96. The highest BCUT2D eigenvalue weighted by Crippen LogP contribution is 2.33. The number of aromatic nitrogens is 1. The summed E-state index contributed by atoms with van der Waals surface area (Å²) in [6.07, 6.45) is 3.61. The fraction of sp³-hybridized carbons (Fsp3) is 0.333. The molecule has 1 fully saturated rings. The second-order valence-electron chi connectivity index (χ2n) is 5.83.